The smallest absolute Gasteiger partial charge is 0.236 e. The summed E-state index contributed by atoms with van der Waals surface area (Å²) in [5.41, 5.74) is 4.69. The Morgan fingerprint density at radius 2 is 1.79 bits per heavy atom. The SMILES string of the molecule is CCCS(=O)(=O)N1CCCc2cc(NS(=O)(=O)Cc3cc(C)ccc3C)ccc21. The molecule has 0 radical (unpaired) electrons. The molecule has 2 aromatic rings. The van der Waals surface area contributed by atoms with Gasteiger partial charge in [0.05, 0.1) is 17.2 Å². The van der Waals surface area contributed by atoms with Crippen LogP contribution in [0, 0.1) is 13.8 Å². The van der Waals surface area contributed by atoms with E-state index in [9.17, 15) is 16.8 Å². The summed E-state index contributed by atoms with van der Waals surface area (Å²) < 4.78 is 54.6. The second-order valence-electron chi connectivity index (χ2n) is 7.63. The topological polar surface area (TPSA) is 83.6 Å². The average molecular weight is 437 g/mol. The Labute approximate surface area is 174 Å². The highest BCUT2D eigenvalue weighted by Crippen LogP contribution is 2.32. The van der Waals surface area contributed by atoms with E-state index in [0.29, 0.717) is 30.8 Å². The number of hydrogen-bond acceptors (Lipinski definition) is 4. The summed E-state index contributed by atoms with van der Waals surface area (Å²) in [6.07, 6.45) is 2.00. The molecule has 0 aliphatic carbocycles. The molecule has 0 saturated heterocycles. The van der Waals surface area contributed by atoms with E-state index in [4.69, 9.17) is 0 Å². The zero-order chi connectivity index (χ0) is 21.2. The summed E-state index contributed by atoms with van der Waals surface area (Å²) in [6.45, 7) is 6.14. The Morgan fingerprint density at radius 3 is 2.52 bits per heavy atom. The highest BCUT2D eigenvalue weighted by molar-refractivity contribution is 7.92. The third-order valence-corrected chi connectivity index (χ3v) is 8.29. The van der Waals surface area contributed by atoms with Crippen molar-refractivity contribution in [3.8, 4) is 0 Å². The second kappa shape index (κ2) is 8.36. The van der Waals surface area contributed by atoms with Gasteiger partial charge >= 0.3 is 0 Å². The Hall–Kier alpha value is -2.06. The van der Waals surface area contributed by atoms with Gasteiger partial charge in [0.1, 0.15) is 0 Å². The Kier molecular flexibility index (Phi) is 6.24. The van der Waals surface area contributed by atoms with Crippen LogP contribution in [0.25, 0.3) is 0 Å². The monoisotopic (exact) mass is 436 g/mol. The summed E-state index contributed by atoms with van der Waals surface area (Å²) in [4.78, 5) is 0. The Bertz CT molecular complexity index is 1110. The van der Waals surface area contributed by atoms with Crippen LogP contribution in [0.2, 0.25) is 0 Å². The van der Waals surface area contributed by atoms with Crippen molar-refractivity contribution in [2.45, 2.75) is 45.8 Å². The average Bonchev–Trinajstić information content (AvgIpc) is 2.63. The van der Waals surface area contributed by atoms with Crippen LogP contribution in [0.1, 0.15) is 42.0 Å². The molecule has 1 heterocycles. The fraction of sp³-hybridized carbons (Fsp3) is 0.429. The molecule has 0 saturated carbocycles. The molecule has 0 aromatic heterocycles. The number of hydrogen-bond donors (Lipinski definition) is 1. The molecule has 6 nitrogen and oxygen atoms in total. The van der Waals surface area contributed by atoms with E-state index in [0.717, 1.165) is 28.7 Å². The van der Waals surface area contributed by atoms with Crippen LogP contribution in [0.3, 0.4) is 0 Å². The van der Waals surface area contributed by atoms with Crippen molar-refractivity contribution in [3.05, 3.63) is 58.7 Å². The molecule has 0 bridgehead atoms. The largest absolute Gasteiger partial charge is 0.283 e. The van der Waals surface area contributed by atoms with Crippen LogP contribution in [0.5, 0.6) is 0 Å². The van der Waals surface area contributed by atoms with E-state index >= 15 is 0 Å². The summed E-state index contributed by atoms with van der Waals surface area (Å²) in [5.74, 6) is 0.00522. The lowest BCUT2D eigenvalue weighted by Crippen LogP contribution is -2.37. The Balaban J connectivity index is 1.83. The van der Waals surface area contributed by atoms with Gasteiger partial charge < -0.3 is 0 Å². The van der Waals surface area contributed by atoms with Gasteiger partial charge in [-0.3, -0.25) is 9.03 Å². The summed E-state index contributed by atoms with van der Waals surface area (Å²) in [7, 11) is -6.94. The van der Waals surface area contributed by atoms with Crippen molar-refractivity contribution in [3.63, 3.8) is 0 Å². The second-order valence-corrected chi connectivity index (χ2v) is 11.4. The van der Waals surface area contributed by atoms with Gasteiger partial charge in [0.2, 0.25) is 20.0 Å². The van der Waals surface area contributed by atoms with E-state index in [1.807, 2.05) is 39.0 Å². The molecule has 0 unspecified atom stereocenters. The fourth-order valence-corrected chi connectivity index (χ4v) is 6.56. The number of aryl methyl sites for hydroxylation is 3. The number of benzene rings is 2. The van der Waals surface area contributed by atoms with Gasteiger partial charge in [-0.1, -0.05) is 30.7 Å². The van der Waals surface area contributed by atoms with Crippen molar-refractivity contribution >= 4 is 31.4 Å². The number of nitrogens with zero attached hydrogens (tertiary/aromatic N) is 1. The maximum absolute atomic E-state index is 12.7. The van der Waals surface area contributed by atoms with E-state index in [-0.39, 0.29) is 11.5 Å². The highest BCUT2D eigenvalue weighted by atomic mass is 32.2. The quantitative estimate of drug-likeness (QED) is 0.717. The molecule has 29 heavy (non-hydrogen) atoms. The first-order valence-corrected chi connectivity index (χ1v) is 13.1. The standard InChI is InChI=1S/C21H28N2O4S2/c1-4-12-29(26,27)23-11-5-6-18-14-20(9-10-21(18)23)22-28(24,25)15-19-13-16(2)7-8-17(19)3/h7-10,13-14,22H,4-6,11-12,15H2,1-3H3. The molecule has 2 aromatic carbocycles. The number of rotatable bonds is 7. The molecule has 0 amide bonds. The number of sulfonamides is 2. The van der Waals surface area contributed by atoms with E-state index in [1.165, 1.54) is 4.31 Å². The maximum atomic E-state index is 12.7. The summed E-state index contributed by atoms with van der Waals surface area (Å²) in [5, 5.41) is 0. The molecular weight excluding hydrogens is 408 g/mol. The summed E-state index contributed by atoms with van der Waals surface area (Å²) >= 11 is 0. The molecule has 1 aliphatic heterocycles. The minimum Gasteiger partial charge on any atom is -0.283 e. The van der Waals surface area contributed by atoms with Gasteiger partial charge in [-0.2, -0.15) is 0 Å². The number of fused-ring (bicyclic) bond motifs is 1. The summed E-state index contributed by atoms with van der Waals surface area (Å²) in [6, 6.07) is 10.9. The van der Waals surface area contributed by atoms with E-state index < -0.39 is 20.0 Å². The van der Waals surface area contributed by atoms with Crippen molar-refractivity contribution in [2.75, 3.05) is 21.3 Å². The zero-order valence-corrected chi connectivity index (χ0v) is 18.7. The predicted octanol–water partition coefficient (Wildman–Crippen LogP) is 3.74. The normalized spacial score (nSPS) is 14.5. The first-order chi connectivity index (χ1) is 13.6. The molecule has 0 atom stereocenters. The molecule has 158 valence electrons. The number of nitrogens with one attached hydrogen (secondary N) is 1. The zero-order valence-electron chi connectivity index (χ0n) is 17.1. The van der Waals surface area contributed by atoms with Crippen LogP contribution in [0.15, 0.2) is 36.4 Å². The first-order valence-electron chi connectivity index (χ1n) is 9.81. The van der Waals surface area contributed by atoms with Crippen molar-refractivity contribution < 1.29 is 16.8 Å². The van der Waals surface area contributed by atoms with E-state index in [2.05, 4.69) is 4.72 Å². The van der Waals surface area contributed by atoms with Gasteiger partial charge in [-0.25, -0.2) is 16.8 Å². The number of anilines is 2. The van der Waals surface area contributed by atoms with Crippen molar-refractivity contribution in [1.29, 1.82) is 0 Å². The lowest BCUT2D eigenvalue weighted by atomic mass is 10.0. The van der Waals surface area contributed by atoms with Gasteiger partial charge in [-0.15, -0.1) is 0 Å². The van der Waals surface area contributed by atoms with Crippen LogP contribution >= 0.6 is 0 Å². The van der Waals surface area contributed by atoms with Gasteiger partial charge in [0, 0.05) is 12.2 Å². The van der Waals surface area contributed by atoms with Crippen molar-refractivity contribution in [2.24, 2.45) is 0 Å². The van der Waals surface area contributed by atoms with E-state index in [1.54, 1.807) is 18.2 Å². The van der Waals surface area contributed by atoms with Crippen molar-refractivity contribution in [1.82, 2.24) is 0 Å². The van der Waals surface area contributed by atoms with Gasteiger partial charge in [-0.05, 0) is 68.0 Å². The lowest BCUT2D eigenvalue weighted by Gasteiger charge is -2.30. The minimum atomic E-state index is -3.59. The van der Waals surface area contributed by atoms with Crippen LogP contribution in [-0.4, -0.2) is 29.1 Å². The minimum absolute atomic E-state index is 0.103. The molecule has 1 aliphatic rings. The van der Waals surface area contributed by atoms with Crippen LogP contribution < -0.4 is 9.03 Å². The van der Waals surface area contributed by atoms with Gasteiger partial charge in [0.15, 0.2) is 0 Å². The molecule has 1 N–H and O–H groups in total. The van der Waals surface area contributed by atoms with Crippen LogP contribution in [-0.2, 0) is 32.2 Å². The predicted molar refractivity (Wildman–Crippen MR) is 118 cm³/mol. The first kappa shape index (κ1) is 21.6. The molecule has 0 fully saturated rings. The molecule has 0 spiro atoms. The molecule has 8 heteroatoms. The molecule has 3 rings (SSSR count). The van der Waals surface area contributed by atoms with Gasteiger partial charge in [0.25, 0.3) is 0 Å². The molecular formula is C21H28N2O4S2. The fourth-order valence-electron chi connectivity index (χ4n) is 3.66. The highest BCUT2D eigenvalue weighted by Gasteiger charge is 2.27. The lowest BCUT2D eigenvalue weighted by molar-refractivity contribution is 0.585. The van der Waals surface area contributed by atoms with Crippen LogP contribution in [0.4, 0.5) is 11.4 Å². The maximum Gasteiger partial charge on any atom is 0.236 e. The third-order valence-electron chi connectivity index (χ3n) is 5.08. The third kappa shape index (κ3) is 5.11. The Morgan fingerprint density at radius 1 is 1.03 bits per heavy atom.